The Labute approximate surface area is 183 Å². The van der Waals surface area contributed by atoms with Crippen LogP contribution in [0.25, 0.3) is 0 Å². The highest BCUT2D eigenvalue weighted by Crippen LogP contribution is 2.29. The molecule has 170 valence electrons. The van der Waals surface area contributed by atoms with E-state index in [0.29, 0.717) is 5.56 Å². The number of ether oxygens (including phenoxy) is 2. The van der Waals surface area contributed by atoms with E-state index in [1.165, 1.54) is 48.5 Å². The normalized spacial score (nSPS) is 11.8. The average Bonchev–Trinajstić information content (AvgIpc) is 2.69. The molecule has 0 unspecified atom stereocenters. The van der Waals surface area contributed by atoms with Crippen LogP contribution in [-0.2, 0) is 21.0 Å². The first kappa shape index (κ1) is 23.3. The van der Waals surface area contributed by atoms with Crippen molar-refractivity contribution in [3.05, 3.63) is 83.9 Å². The molecule has 0 spiro atoms. The van der Waals surface area contributed by atoms with Gasteiger partial charge in [-0.3, -0.25) is 0 Å². The maximum absolute atomic E-state index is 12.6. The summed E-state index contributed by atoms with van der Waals surface area (Å²) in [6.45, 7) is 1.90. The predicted molar refractivity (Wildman–Crippen MR) is 109 cm³/mol. The second-order valence-corrected chi connectivity index (χ2v) is 8.28. The van der Waals surface area contributed by atoms with Crippen molar-refractivity contribution in [3.8, 4) is 23.0 Å². The van der Waals surface area contributed by atoms with Crippen molar-refractivity contribution in [1.82, 2.24) is 0 Å². The van der Waals surface area contributed by atoms with E-state index in [1.54, 1.807) is 12.1 Å². The van der Waals surface area contributed by atoms with E-state index in [0.717, 1.165) is 5.56 Å². The number of aryl methyl sites for hydroxylation is 1. The fourth-order valence-corrected chi connectivity index (χ4v) is 3.19. The molecule has 0 aliphatic carbocycles. The lowest BCUT2D eigenvalue weighted by Gasteiger charge is -2.21. The molecular formula is C20H16F2O8S2. The maximum atomic E-state index is 12.6. The van der Waals surface area contributed by atoms with Gasteiger partial charge in [0.05, 0.1) is 0 Å². The van der Waals surface area contributed by atoms with E-state index in [4.69, 9.17) is 9.47 Å². The van der Waals surface area contributed by atoms with E-state index in [2.05, 4.69) is 8.37 Å². The van der Waals surface area contributed by atoms with Crippen molar-refractivity contribution in [1.29, 1.82) is 0 Å². The molecule has 0 heterocycles. The maximum Gasteiger partial charge on any atom is 0.488 e. The molecule has 0 saturated heterocycles. The number of rotatable bonds is 9. The summed E-state index contributed by atoms with van der Waals surface area (Å²) in [5.41, 5.74) is 1.62. The first-order valence-corrected chi connectivity index (χ1v) is 11.5. The molecule has 3 aromatic carbocycles. The molecule has 0 N–H and O–H groups in total. The quantitative estimate of drug-likeness (QED) is 0.325. The molecule has 3 aromatic rings. The van der Waals surface area contributed by atoms with Gasteiger partial charge >= 0.3 is 21.0 Å². The Bertz CT molecular complexity index is 1180. The van der Waals surface area contributed by atoms with Crippen molar-refractivity contribution in [2.75, 3.05) is 0 Å². The molecule has 8 nitrogen and oxygen atoms in total. The van der Waals surface area contributed by atoms with Crippen molar-refractivity contribution in [2.45, 2.75) is 13.2 Å². The third kappa shape index (κ3) is 7.39. The third-order valence-electron chi connectivity index (χ3n) is 3.87. The highest BCUT2D eigenvalue weighted by molar-refractivity contribution is 7.82. The van der Waals surface area contributed by atoms with Crippen molar-refractivity contribution in [2.24, 2.45) is 0 Å². The minimum Gasteiger partial charge on any atom is -0.451 e. The summed E-state index contributed by atoms with van der Waals surface area (Å²) in [6, 6.07) is 17.4. The van der Waals surface area contributed by atoms with Crippen LogP contribution < -0.4 is 17.8 Å². The fourth-order valence-electron chi connectivity index (χ4n) is 2.51. The summed E-state index contributed by atoms with van der Waals surface area (Å²) >= 11 is 0. The number of halogens is 2. The van der Waals surface area contributed by atoms with Crippen LogP contribution in [0.5, 0.6) is 23.0 Å². The van der Waals surface area contributed by atoms with Crippen molar-refractivity contribution < 1.29 is 42.4 Å². The molecule has 0 aliphatic heterocycles. The van der Waals surface area contributed by atoms with Gasteiger partial charge in [0.15, 0.2) is 0 Å². The van der Waals surface area contributed by atoms with Crippen LogP contribution in [0.1, 0.15) is 17.4 Å². The monoisotopic (exact) mass is 486 g/mol. The fraction of sp³-hybridized carbons (Fsp3) is 0.100. The highest BCUT2D eigenvalue weighted by atomic mass is 32.3. The van der Waals surface area contributed by atoms with Gasteiger partial charge in [-0.1, -0.05) is 37.6 Å². The Morgan fingerprint density at radius 3 is 1.28 bits per heavy atom. The summed E-state index contributed by atoms with van der Waals surface area (Å²) in [7, 11) is -10.3. The van der Waals surface area contributed by atoms with E-state index < -0.39 is 27.3 Å². The predicted octanol–water partition coefficient (Wildman–Crippen LogP) is 4.34. The zero-order valence-electron chi connectivity index (χ0n) is 16.3. The van der Waals surface area contributed by atoms with Gasteiger partial charge in [0.2, 0.25) is 0 Å². The van der Waals surface area contributed by atoms with Gasteiger partial charge in [0.1, 0.15) is 23.0 Å². The zero-order valence-corrected chi connectivity index (χ0v) is 18.0. The van der Waals surface area contributed by atoms with Crippen molar-refractivity contribution in [3.63, 3.8) is 0 Å². The van der Waals surface area contributed by atoms with Gasteiger partial charge < -0.3 is 17.8 Å². The Hall–Kier alpha value is -3.38. The average molecular weight is 486 g/mol. The second-order valence-electron chi connectivity index (χ2n) is 6.37. The Balaban J connectivity index is 1.80. The Kier molecular flexibility index (Phi) is 6.84. The molecular weight excluding hydrogens is 470 g/mol. The lowest BCUT2D eigenvalue weighted by molar-refractivity contribution is 0.00375. The van der Waals surface area contributed by atoms with Crippen LogP contribution >= 0.6 is 0 Å². The summed E-state index contributed by atoms with van der Waals surface area (Å²) in [5.74, 6) is 0.0161. The first-order valence-electron chi connectivity index (χ1n) is 8.85. The van der Waals surface area contributed by atoms with Gasteiger partial charge in [-0.2, -0.15) is 16.8 Å². The van der Waals surface area contributed by atoms with Crippen molar-refractivity contribution >= 4 is 21.0 Å². The summed E-state index contributed by atoms with van der Waals surface area (Å²) in [6.07, 6.45) is -0.982. The van der Waals surface area contributed by atoms with E-state index in [9.17, 15) is 24.6 Å². The molecule has 0 bridgehead atoms. The Morgan fingerprint density at radius 2 is 0.938 bits per heavy atom. The number of hydrogen-bond donors (Lipinski definition) is 0. The second kappa shape index (κ2) is 9.40. The van der Waals surface area contributed by atoms with Gasteiger partial charge in [0.25, 0.3) is 6.29 Å². The molecule has 0 aliphatic rings. The van der Waals surface area contributed by atoms with Crippen LogP contribution in [0.2, 0.25) is 0 Å². The highest BCUT2D eigenvalue weighted by Gasteiger charge is 2.17. The summed E-state index contributed by atoms with van der Waals surface area (Å²) < 4.78 is 87.5. The number of benzene rings is 3. The Morgan fingerprint density at radius 1 is 0.594 bits per heavy atom. The molecule has 3 rings (SSSR count). The first-order chi connectivity index (χ1) is 15.0. The smallest absolute Gasteiger partial charge is 0.451 e. The third-order valence-corrected chi connectivity index (χ3v) is 4.66. The molecule has 0 radical (unpaired) electrons. The molecule has 0 aromatic heterocycles. The summed E-state index contributed by atoms with van der Waals surface area (Å²) in [5, 5.41) is 0. The molecule has 12 heteroatoms. The minimum absolute atomic E-state index is 0.244. The number of hydrogen-bond acceptors (Lipinski definition) is 8. The topological polar surface area (TPSA) is 105 Å². The van der Waals surface area contributed by atoms with Crippen LogP contribution in [0.15, 0.2) is 72.8 Å². The molecule has 0 fully saturated rings. The van der Waals surface area contributed by atoms with Gasteiger partial charge in [0, 0.05) is 5.56 Å². The van der Waals surface area contributed by atoms with Crippen LogP contribution in [0.4, 0.5) is 7.77 Å². The van der Waals surface area contributed by atoms with E-state index in [1.807, 2.05) is 19.1 Å². The van der Waals surface area contributed by atoms with Gasteiger partial charge in [-0.15, -0.1) is 0 Å². The van der Waals surface area contributed by atoms with E-state index >= 15 is 0 Å². The molecule has 0 atom stereocenters. The molecule has 0 amide bonds. The largest absolute Gasteiger partial charge is 0.488 e. The minimum atomic E-state index is -5.15. The van der Waals surface area contributed by atoms with E-state index in [-0.39, 0.29) is 23.0 Å². The summed E-state index contributed by atoms with van der Waals surface area (Å²) in [4.78, 5) is 0. The molecule has 0 saturated carbocycles. The van der Waals surface area contributed by atoms with Crippen LogP contribution in [-0.4, -0.2) is 16.8 Å². The van der Waals surface area contributed by atoms with Crippen LogP contribution in [0, 0.1) is 6.92 Å². The standard InChI is InChI=1S/C20H16F2O8S2/c1-14-2-4-15(5-3-14)20(27-16-6-10-18(11-7-16)29-31(21,23)24)28-17-8-12-19(13-9-17)30-32(22,25)26/h2-13,20H,1H3. The van der Waals surface area contributed by atoms with Gasteiger partial charge in [-0.25, -0.2) is 0 Å². The zero-order chi connectivity index (χ0) is 23.4. The lowest BCUT2D eigenvalue weighted by atomic mass is 10.1. The lowest BCUT2D eigenvalue weighted by Crippen LogP contribution is -2.15. The van der Waals surface area contributed by atoms with Gasteiger partial charge in [-0.05, 0) is 55.5 Å². The van der Waals surface area contributed by atoms with Crippen LogP contribution in [0.3, 0.4) is 0 Å². The SMILES string of the molecule is Cc1ccc(C(Oc2ccc(OS(=O)(=O)F)cc2)Oc2ccc(OS(=O)(=O)F)cc2)cc1. The molecule has 32 heavy (non-hydrogen) atoms.